The zero-order valence-corrected chi connectivity index (χ0v) is 20.0. The van der Waals surface area contributed by atoms with E-state index in [0.717, 1.165) is 22.0 Å². The number of benzene rings is 1. The van der Waals surface area contributed by atoms with E-state index in [1.54, 1.807) is 31.0 Å². The molecule has 3 aromatic heterocycles. The van der Waals surface area contributed by atoms with Crippen LogP contribution < -0.4 is 4.74 Å². The Labute approximate surface area is 210 Å². The van der Waals surface area contributed by atoms with Crippen molar-refractivity contribution in [2.45, 2.75) is 12.0 Å². The van der Waals surface area contributed by atoms with Gasteiger partial charge in [0.2, 0.25) is 5.91 Å². The summed E-state index contributed by atoms with van der Waals surface area (Å²) in [6, 6.07) is 17.1. The number of aliphatic hydroxyl groups is 1. The summed E-state index contributed by atoms with van der Waals surface area (Å²) in [6.07, 6.45) is 7.97. The van der Waals surface area contributed by atoms with E-state index in [1.807, 2.05) is 59.5 Å². The molecule has 0 bridgehead atoms. The number of aliphatic hydroxyl groups excluding tert-OH is 1. The number of β-amino-alcohol motifs (C(OH)–C–C–N with tert-alkyl or cyclic N) is 1. The first-order valence-electron chi connectivity index (χ1n) is 12.1. The molecule has 1 atom stereocenters. The molecule has 1 saturated heterocycles. The number of pyridine rings is 3. The Morgan fingerprint density at radius 2 is 1.53 bits per heavy atom. The molecular weight excluding hydrogens is 454 g/mol. The van der Waals surface area contributed by atoms with Gasteiger partial charge in [-0.15, -0.1) is 0 Å². The van der Waals surface area contributed by atoms with Gasteiger partial charge in [0, 0.05) is 69.1 Å². The first-order chi connectivity index (χ1) is 17.7. The van der Waals surface area contributed by atoms with Crippen LogP contribution in [0.5, 0.6) is 5.75 Å². The fourth-order valence-electron chi connectivity index (χ4n) is 4.66. The molecule has 4 heterocycles. The molecule has 1 fully saturated rings. The van der Waals surface area contributed by atoms with E-state index in [-0.39, 0.29) is 12.5 Å². The van der Waals surface area contributed by atoms with Crippen LogP contribution in [0.15, 0.2) is 85.6 Å². The number of carbonyl (C=O) groups is 1. The number of ether oxygens (including phenoxy) is 1. The first kappa shape index (κ1) is 23.8. The monoisotopic (exact) mass is 483 g/mol. The van der Waals surface area contributed by atoms with Gasteiger partial charge in [-0.1, -0.05) is 6.07 Å². The maximum absolute atomic E-state index is 13.6. The molecule has 0 spiro atoms. The molecule has 0 aliphatic carbocycles. The fourth-order valence-corrected chi connectivity index (χ4v) is 4.66. The van der Waals surface area contributed by atoms with E-state index in [4.69, 9.17) is 4.74 Å². The number of aromatic nitrogens is 3. The topological polar surface area (TPSA) is 91.7 Å². The third-order valence-electron chi connectivity index (χ3n) is 6.52. The molecule has 8 heteroatoms. The van der Waals surface area contributed by atoms with E-state index < -0.39 is 12.0 Å². The van der Waals surface area contributed by atoms with Gasteiger partial charge in [0.1, 0.15) is 18.5 Å². The second kappa shape index (κ2) is 11.2. The predicted octanol–water partition coefficient (Wildman–Crippen LogP) is 2.74. The van der Waals surface area contributed by atoms with Crippen molar-refractivity contribution in [3.8, 4) is 5.75 Å². The van der Waals surface area contributed by atoms with Crippen LogP contribution in [0.1, 0.15) is 17.0 Å². The summed E-state index contributed by atoms with van der Waals surface area (Å²) in [4.78, 5) is 30.2. The highest BCUT2D eigenvalue weighted by Gasteiger charge is 2.30. The number of piperazine rings is 1. The standard InChI is InChI=1S/C28H29N5O3/c34-23(20-36-26-5-1-4-25-24(26)3-2-10-31-25)19-32-15-17-33(18-16-32)28(35)27(21-6-11-29-12-7-21)22-8-13-30-14-9-22/h1-14,23,27,34H,15-20H2. The van der Waals surface area contributed by atoms with Crippen molar-refractivity contribution >= 4 is 16.8 Å². The largest absolute Gasteiger partial charge is 0.490 e. The van der Waals surface area contributed by atoms with Crippen LogP contribution in [0.2, 0.25) is 0 Å². The van der Waals surface area contributed by atoms with E-state index in [9.17, 15) is 9.90 Å². The van der Waals surface area contributed by atoms with Crippen LogP contribution >= 0.6 is 0 Å². The Kier molecular flexibility index (Phi) is 7.44. The fraction of sp³-hybridized carbons (Fsp3) is 0.286. The highest BCUT2D eigenvalue weighted by atomic mass is 16.5. The molecular formula is C28H29N5O3. The van der Waals surface area contributed by atoms with E-state index >= 15 is 0 Å². The normalized spacial score (nSPS) is 15.2. The lowest BCUT2D eigenvalue weighted by atomic mass is 9.91. The van der Waals surface area contributed by atoms with Crippen molar-refractivity contribution in [2.24, 2.45) is 0 Å². The molecule has 1 aromatic carbocycles. The van der Waals surface area contributed by atoms with Gasteiger partial charge in [-0.3, -0.25) is 24.6 Å². The highest BCUT2D eigenvalue weighted by molar-refractivity contribution is 5.87. The minimum Gasteiger partial charge on any atom is -0.490 e. The summed E-state index contributed by atoms with van der Waals surface area (Å²) in [5, 5.41) is 11.5. The SMILES string of the molecule is O=C(C(c1ccncc1)c1ccncc1)N1CCN(CC(O)COc2cccc3ncccc23)CC1. The minimum absolute atomic E-state index is 0.0699. The molecule has 4 aromatic rings. The van der Waals surface area contributed by atoms with Gasteiger partial charge in [0.25, 0.3) is 0 Å². The lowest BCUT2D eigenvalue weighted by Gasteiger charge is -2.37. The van der Waals surface area contributed by atoms with Gasteiger partial charge in [0.05, 0.1) is 11.4 Å². The first-order valence-corrected chi connectivity index (χ1v) is 12.1. The molecule has 0 saturated carbocycles. The summed E-state index contributed by atoms with van der Waals surface area (Å²) in [6.45, 7) is 3.28. The van der Waals surface area contributed by atoms with Gasteiger partial charge < -0.3 is 14.7 Å². The molecule has 8 nitrogen and oxygen atoms in total. The van der Waals surface area contributed by atoms with Crippen molar-refractivity contribution in [3.05, 3.63) is 96.7 Å². The predicted molar refractivity (Wildman–Crippen MR) is 137 cm³/mol. The molecule has 1 unspecified atom stereocenters. The second-order valence-corrected chi connectivity index (χ2v) is 8.91. The second-order valence-electron chi connectivity index (χ2n) is 8.91. The number of fused-ring (bicyclic) bond motifs is 1. The maximum atomic E-state index is 13.6. The number of hydrogen-bond donors (Lipinski definition) is 1. The van der Waals surface area contributed by atoms with Gasteiger partial charge in [-0.05, 0) is 59.7 Å². The Balaban J connectivity index is 1.16. The average Bonchev–Trinajstić information content (AvgIpc) is 2.93. The number of rotatable bonds is 8. The van der Waals surface area contributed by atoms with E-state index in [2.05, 4.69) is 19.9 Å². The Hall–Kier alpha value is -3.88. The molecule has 5 rings (SSSR count). The lowest BCUT2D eigenvalue weighted by Crippen LogP contribution is -2.52. The molecule has 0 radical (unpaired) electrons. The third kappa shape index (κ3) is 5.50. The average molecular weight is 484 g/mol. The number of nitrogens with zero attached hydrogens (tertiary/aromatic N) is 5. The van der Waals surface area contributed by atoms with Crippen molar-refractivity contribution in [1.82, 2.24) is 24.8 Å². The minimum atomic E-state index is -0.638. The quantitative estimate of drug-likeness (QED) is 0.412. The van der Waals surface area contributed by atoms with Gasteiger partial charge in [-0.25, -0.2) is 0 Å². The summed E-state index contributed by atoms with van der Waals surface area (Å²) in [7, 11) is 0. The van der Waals surface area contributed by atoms with Crippen LogP contribution in [0.3, 0.4) is 0 Å². The maximum Gasteiger partial charge on any atom is 0.234 e. The zero-order valence-electron chi connectivity index (χ0n) is 20.0. The van der Waals surface area contributed by atoms with Crippen LogP contribution in [0.25, 0.3) is 10.9 Å². The zero-order chi connectivity index (χ0) is 24.7. The molecule has 36 heavy (non-hydrogen) atoms. The highest BCUT2D eigenvalue weighted by Crippen LogP contribution is 2.27. The van der Waals surface area contributed by atoms with Gasteiger partial charge in [0.15, 0.2) is 0 Å². The Morgan fingerprint density at radius 3 is 2.19 bits per heavy atom. The van der Waals surface area contributed by atoms with Gasteiger partial charge >= 0.3 is 0 Å². The lowest BCUT2D eigenvalue weighted by molar-refractivity contribution is -0.133. The summed E-state index contributed by atoms with van der Waals surface area (Å²) in [5.41, 5.74) is 2.70. The molecule has 184 valence electrons. The molecule has 1 aliphatic heterocycles. The number of amides is 1. The van der Waals surface area contributed by atoms with Crippen molar-refractivity contribution in [3.63, 3.8) is 0 Å². The molecule has 1 amide bonds. The third-order valence-corrected chi connectivity index (χ3v) is 6.52. The summed E-state index contributed by atoms with van der Waals surface area (Å²) < 4.78 is 5.92. The Bertz CT molecular complexity index is 1240. The van der Waals surface area contributed by atoms with Crippen molar-refractivity contribution in [2.75, 3.05) is 39.3 Å². The van der Waals surface area contributed by atoms with Crippen LogP contribution in [0, 0.1) is 0 Å². The molecule has 1 N–H and O–H groups in total. The smallest absolute Gasteiger partial charge is 0.234 e. The number of carbonyl (C=O) groups excluding carboxylic acids is 1. The van der Waals surface area contributed by atoms with Crippen LogP contribution in [0.4, 0.5) is 0 Å². The van der Waals surface area contributed by atoms with Crippen molar-refractivity contribution in [1.29, 1.82) is 0 Å². The van der Waals surface area contributed by atoms with E-state index in [0.29, 0.717) is 38.5 Å². The Morgan fingerprint density at radius 1 is 0.861 bits per heavy atom. The molecule has 1 aliphatic rings. The van der Waals surface area contributed by atoms with E-state index in [1.165, 1.54) is 0 Å². The summed E-state index contributed by atoms with van der Waals surface area (Å²) >= 11 is 0. The summed E-state index contributed by atoms with van der Waals surface area (Å²) in [5.74, 6) is 0.394. The van der Waals surface area contributed by atoms with Crippen LogP contribution in [-0.2, 0) is 4.79 Å². The number of hydrogen-bond acceptors (Lipinski definition) is 7. The van der Waals surface area contributed by atoms with Gasteiger partial charge in [-0.2, -0.15) is 0 Å². The van der Waals surface area contributed by atoms with Crippen LogP contribution in [-0.4, -0.2) is 81.2 Å². The van der Waals surface area contributed by atoms with Crippen molar-refractivity contribution < 1.29 is 14.6 Å².